The van der Waals surface area contributed by atoms with E-state index in [4.69, 9.17) is 5.73 Å². The molecule has 0 saturated heterocycles. The van der Waals surface area contributed by atoms with E-state index in [9.17, 15) is 10.0 Å². The van der Waals surface area contributed by atoms with E-state index < -0.39 is 6.03 Å². The highest BCUT2D eigenvalue weighted by molar-refractivity contribution is 5.71. The standard InChI is InChI=1S/C12H16N2O2/c1-8(14(16)12(13)15)10-7-11(10)9-5-3-2-4-6-9/h2-6,8,10-11,16H,7H2,1H3,(H2,13,15)/t8-,10?,11+/m1/s1. The van der Waals surface area contributed by atoms with Gasteiger partial charge in [0.25, 0.3) is 0 Å². The SMILES string of the molecule is C[C@H](C1C[C@H]1c1ccccc1)N(O)C(N)=O. The van der Waals surface area contributed by atoms with Crippen LogP contribution in [0.1, 0.15) is 24.8 Å². The molecule has 0 bridgehead atoms. The largest absolute Gasteiger partial charge is 0.350 e. The molecule has 1 aromatic carbocycles. The van der Waals surface area contributed by atoms with Crippen molar-refractivity contribution in [1.29, 1.82) is 0 Å². The van der Waals surface area contributed by atoms with Crippen LogP contribution in [0.4, 0.5) is 4.79 Å². The van der Waals surface area contributed by atoms with E-state index in [-0.39, 0.29) is 6.04 Å². The Bertz CT molecular complexity index is 380. The summed E-state index contributed by atoms with van der Waals surface area (Å²) in [6.45, 7) is 1.82. The second-order valence-electron chi connectivity index (χ2n) is 4.34. The molecular weight excluding hydrogens is 204 g/mol. The molecule has 1 saturated carbocycles. The summed E-state index contributed by atoms with van der Waals surface area (Å²) in [5, 5.41) is 10.1. The molecule has 1 aliphatic carbocycles. The van der Waals surface area contributed by atoms with Gasteiger partial charge in [0.2, 0.25) is 0 Å². The van der Waals surface area contributed by atoms with Crippen molar-refractivity contribution in [2.24, 2.45) is 11.7 Å². The lowest BCUT2D eigenvalue weighted by Gasteiger charge is -2.20. The first-order chi connectivity index (χ1) is 7.61. The van der Waals surface area contributed by atoms with Gasteiger partial charge in [0.15, 0.2) is 0 Å². The summed E-state index contributed by atoms with van der Waals surface area (Å²) in [4.78, 5) is 10.8. The molecule has 1 aromatic rings. The van der Waals surface area contributed by atoms with Crippen LogP contribution in [-0.2, 0) is 0 Å². The van der Waals surface area contributed by atoms with Crippen molar-refractivity contribution in [2.75, 3.05) is 0 Å². The Morgan fingerprint density at radius 3 is 2.69 bits per heavy atom. The van der Waals surface area contributed by atoms with Gasteiger partial charge >= 0.3 is 6.03 Å². The quantitative estimate of drug-likeness (QED) is 0.604. The minimum absolute atomic E-state index is 0.220. The zero-order chi connectivity index (χ0) is 11.7. The first kappa shape index (κ1) is 11.0. The number of rotatable bonds is 3. The minimum Gasteiger partial charge on any atom is -0.350 e. The van der Waals surface area contributed by atoms with Gasteiger partial charge in [0.05, 0.1) is 6.04 Å². The molecule has 0 aliphatic heterocycles. The lowest BCUT2D eigenvalue weighted by molar-refractivity contribution is -0.0760. The molecule has 4 nitrogen and oxygen atoms in total. The molecule has 3 atom stereocenters. The van der Waals surface area contributed by atoms with Crippen molar-refractivity contribution < 1.29 is 10.0 Å². The summed E-state index contributed by atoms with van der Waals surface area (Å²) in [5.41, 5.74) is 6.28. The van der Waals surface area contributed by atoms with Gasteiger partial charge in [-0.1, -0.05) is 30.3 Å². The third kappa shape index (κ3) is 2.02. The predicted molar refractivity (Wildman–Crippen MR) is 60.0 cm³/mol. The Morgan fingerprint density at radius 2 is 2.12 bits per heavy atom. The van der Waals surface area contributed by atoms with Gasteiger partial charge < -0.3 is 5.73 Å². The maximum Gasteiger partial charge on any atom is 0.338 e. The van der Waals surface area contributed by atoms with Crippen LogP contribution in [0.15, 0.2) is 30.3 Å². The molecule has 0 aromatic heterocycles. The van der Waals surface area contributed by atoms with Gasteiger partial charge in [0, 0.05) is 0 Å². The van der Waals surface area contributed by atoms with Crippen molar-refractivity contribution in [3.63, 3.8) is 0 Å². The Kier molecular flexibility index (Phi) is 2.83. The molecule has 0 radical (unpaired) electrons. The highest BCUT2D eigenvalue weighted by atomic mass is 16.5. The lowest BCUT2D eigenvalue weighted by atomic mass is 10.1. The third-order valence-corrected chi connectivity index (χ3v) is 3.30. The molecule has 0 heterocycles. The summed E-state index contributed by atoms with van der Waals surface area (Å²) in [6.07, 6.45) is 0.996. The normalized spacial score (nSPS) is 24.9. The Balaban J connectivity index is 1.99. The molecule has 16 heavy (non-hydrogen) atoms. The molecule has 1 aliphatic rings. The second-order valence-corrected chi connectivity index (χ2v) is 4.34. The molecule has 4 heteroatoms. The number of benzene rings is 1. The van der Waals surface area contributed by atoms with E-state index in [2.05, 4.69) is 12.1 Å². The molecule has 3 N–H and O–H groups in total. The molecule has 86 valence electrons. The average molecular weight is 220 g/mol. The fourth-order valence-corrected chi connectivity index (χ4v) is 2.21. The summed E-state index contributed by atoms with van der Waals surface area (Å²) in [7, 11) is 0. The van der Waals surface area contributed by atoms with E-state index in [0.717, 1.165) is 6.42 Å². The first-order valence-electron chi connectivity index (χ1n) is 5.43. The fourth-order valence-electron chi connectivity index (χ4n) is 2.21. The number of hydrogen-bond donors (Lipinski definition) is 2. The van der Waals surface area contributed by atoms with Gasteiger partial charge in [0.1, 0.15) is 0 Å². The Hall–Kier alpha value is -1.55. The van der Waals surface area contributed by atoms with Crippen molar-refractivity contribution in [2.45, 2.75) is 25.3 Å². The number of primary amides is 1. The summed E-state index contributed by atoms with van der Waals surface area (Å²) in [6, 6.07) is 9.12. The minimum atomic E-state index is -0.786. The molecule has 1 fully saturated rings. The lowest BCUT2D eigenvalue weighted by Crippen LogP contribution is -2.40. The molecule has 1 unspecified atom stereocenters. The average Bonchev–Trinajstić information content (AvgIpc) is 3.08. The van der Waals surface area contributed by atoms with Crippen LogP contribution in [0.25, 0.3) is 0 Å². The molecule has 0 spiro atoms. The molecule has 2 rings (SSSR count). The topological polar surface area (TPSA) is 66.6 Å². The Labute approximate surface area is 94.6 Å². The van der Waals surface area contributed by atoms with E-state index in [1.165, 1.54) is 5.56 Å². The van der Waals surface area contributed by atoms with Crippen molar-refractivity contribution in [1.82, 2.24) is 5.06 Å². The van der Waals surface area contributed by atoms with E-state index in [1.54, 1.807) is 0 Å². The number of hydroxylamine groups is 2. The fraction of sp³-hybridized carbons (Fsp3) is 0.417. The number of nitrogens with two attached hydrogens (primary N) is 1. The van der Waals surface area contributed by atoms with E-state index in [0.29, 0.717) is 16.9 Å². The number of urea groups is 1. The first-order valence-corrected chi connectivity index (χ1v) is 5.43. The van der Waals surface area contributed by atoms with Crippen molar-refractivity contribution in [3.05, 3.63) is 35.9 Å². The number of amides is 2. The Morgan fingerprint density at radius 1 is 1.50 bits per heavy atom. The number of carbonyl (C=O) groups is 1. The van der Waals surface area contributed by atoms with Crippen LogP contribution in [0.2, 0.25) is 0 Å². The summed E-state index contributed by atoms with van der Waals surface area (Å²) in [5.74, 6) is 0.741. The van der Waals surface area contributed by atoms with Crippen LogP contribution < -0.4 is 5.73 Å². The van der Waals surface area contributed by atoms with Gasteiger partial charge in [-0.25, -0.2) is 9.86 Å². The van der Waals surface area contributed by atoms with Gasteiger partial charge in [-0.15, -0.1) is 0 Å². The van der Waals surface area contributed by atoms with Crippen LogP contribution >= 0.6 is 0 Å². The van der Waals surface area contributed by atoms with Crippen molar-refractivity contribution in [3.8, 4) is 0 Å². The van der Waals surface area contributed by atoms with E-state index in [1.807, 2.05) is 25.1 Å². The maximum atomic E-state index is 10.8. The van der Waals surface area contributed by atoms with Crippen LogP contribution in [0.5, 0.6) is 0 Å². The number of hydrogen-bond acceptors (Lipinski definition) is 2. The maximum absolute atomic E-state index is 10.8. The zero-order valence-corrected chi connectivity index (χ0v) is 9.21. The van der Waals surface area contributed by atoms with Crippen LogP contribution in [0.3, 0.4) is 0 Å². The van der Waals surface area contributed by atoms with Gasteiger partial charge in [-0.05, 0) is 30.7 Å². The molecular formula is C12H16N2O2. The van der Waals surface area contributed by atoms with Gasteiger partial charge in [-0.3, -0.25) is 5.21 Å². The summed E-state index contributed by atoms with van der Waals surface area (Å²) < 4.78 is 0. The monoisotopic (exact) mass is 220 g/mol. The summed E-state index contributed by atoms with van der Waals surface area (Å²) >= 11 is 0. The molecule has 2 amide bonds. The highest BCUT2D eigenvalue weighted by Gasteiger charge is 2.44. The van der Waals surface area contributed by atoms with Crippen LogP contribution in [-0.4, -0.2) is 22.3 Å². The smallest absolute Gasteiger partial charge is 0.338 e. The van der Waals surface area contributed by atoms with Gasteiger partial charge in [-0.2, -0.15) is 0 Å². The highest BCUT2D eigenvalue weighted by Crippen LogP contribution is 2.50. The number of carbonyl (C=O) groups excluding carboxylic acids is 1. The third-order valence-electron chi connectivity index (χ3n) is 3.30. The van der Waals surface area contributed by atoms with E-state index >= 15 is 0 Å². The zero-order valence-electron chi connectivity index (χ0n) is 9.21. The second kappa shape index (κ2) is 4.14. The number of nitrogens with zero attached hydrogens (tertiary/aromatic N) is 1. The van der Waals surface area contributed by atoms with Crippen LogP contribution in [0, 0.1) is 5.92 Å². The van der Waals surface area contributed by atoms with Crippen molar-refractivity contribution >= 4 is 6.03 Å². The predicted octanol–water partition coefficient (Wildman–Crippen LogP) is 1.95.